The molecule has 1 aliphatic carbocycles. The number of benzene rings is 1. The second kappa shape index (κ2) is 7.48. The molecular formula is C18H27NO2. The van der Waals surface area contributed by atoms with E-state index in [0.29, 0.717) is 0 Å². The SMILES string of the molecule is CCCCCCCCNc1ccc(C2(C(=O)O)CC2)cc1. The molecule has 116 valence electrons. The van der Waals surface area contributed by atoms with Gasteiger partial charge in [0.15, 0.2) is 0 Å². The highest BCUT2D eigenvalue weighted by Gasteiger charge is 2.51. The third-order valence-electron chi connectivity index (χ3n) is 4.46. The van der Waals surface area contributed by atoms with Crippen molar-refractivity contribution in [1.82, 2.24) is 0 Å². The molecule has 0 heterocycles. The molecule has 2 rings (SSSR count). The van der Waals surface area contributed by atoms with E-state index in [0.717, 1.165) is 30.6 Å². The van der Waals surface area contributed by atoms with Crippen molar-refractivity contribution in [1.29, 1.82) is 0 Å². The molecule has 0 aliphatic heterocycles. The molecule has 0 saturated heterocycles. The van der Waals surface area contributed by atoms with Crippen LogP contribution < -0.4 is 5.32 Å². The van der Waals surface area contributed by atoms with E-state index in [4.69, 9.17) is 0 Å². The fourth-order valence-corrected chi connectivity index (χ4v) is 2.80. The molecule has 0 amide bonds. The summed E-state index contributed by atoms with van der Waals surface area (Å²) in [4.78, 5) is 11.3. The summed E-state index contributed by atoms with van der Waals surface area (Å²) in [6, 6.07) is 7.94. The van der Waals surface area contributed by atoms with Crippen molar-refractivity contribution in [3.63, 3.8) is 0 Å². The lowest BCUT2D eigenvalue weighted by molar-refractivity contribution is -0.140. The van der Waals surface area contributed by atoms with Gasteiger partial charge >= 0.3 is 5.97 Å². The average molecular weight is 289 g/mol. The van der Waals surface area contributed by atoms with Gasteiger partial charge in [0.05, 0.1) is 5.41 Å². The molecule has 1 aliphatic rings. The molecule has 0 bridgehead atoms. The smallest absolute Gasteiger partial charge is 0.314 e. The molecule has 0 unspecified atom stereocenters. The summed E-state index contributed by atoms with van der Waals surface area (Å²) in [5.74, 6) is -0.685. The van der Waals surface area contributed by atoms with Crippen LogP contribution in [-0.2, 0) is 10.2 Å². The van der Waals surface area contributed by atoms with Crippen LogP contribution in [0.3, 0.4) is 0 Å². The Balaban J connectivity index is 1.70. The van der Waals surface area contributed by atoms with Crippen molar-refractivity contribution < 1.29 is 9.90 Å². The van der Waals surface area contributed by atoms with Crippen molar-refractivity contribution >= 4 is 11.7 Å². The highest BCUT2D eigenvalue weighted by atomic mass is 16.4. The molecule has 0 atom stereocenters. The predicted octanol–water partition coefficient (Wildman–Crippen LogP) is 4.58. The molecule has 0 aromatic heterocycles. The van der Waals surface area contributed by atoms with Crippen LogP contribution in [0, 0.1) is 0 Å². The number of carboxylic acids is 1. The number of carboxylic acid groups (broad SMARTS) is 1. The lowest BCUT2D eigenvalue weighted by Crippen LogP contribution is -2.19. The molecule has 1 aromatic rings. The van der Waals surface area contributed by atoms with Crippen LogP contribution in [0.1, 0.15) is 63.9 Å². The van der Waals surface area contributed by atoms with Crippen LogP contribution in [0.25, 0.3) is 0 Å². The number of rotatable bonds is 10. The van der Waals surface area contributed by atoms with Gasteiger partial charge in [0.25, 0.3) is 0 Å². The number of hydrogen-bond donors (Lipinski definition) is 2. The zero-order valence-corrected chi connectivity index (χ0v) is 13.0. The minimum Gasteiger partial charge on any atom is -0.481 e. The maximum Gasteiger partial charge on any atom is 0.314 e. The number of carbonyl (C=O) groups is 1. The van der Waals surface area contributed by atoms with Crippen molar-refractivity contribution in [2.75, 3.05) is 11.9 Å². The number of aliphatic carboxylic acids is 1. The number of nitrogens with one attached hydrogen (secondary N) is 1. The van der Waals surface area contributed by atoms with Gasteiger partial charge in [-0.15, -0.1) is 0 Å². The summed E-state index contributed by atoms with van der Waals surface area (Å²) < 4.78 is 0. The van der Waals surface area contributed by atoms with Gasteiger partial charge in [0, 0.05) is 12.2 Å². The summed E-state index contributed by atoms with van der Waals surface area (Å²) in [7, 11) is 0. The van der Waals surface area contributed by atoms with E-state index >= 15 is 0 Å². The van der Waals surface area contributed by atoms with Crippen LogP contribution in [0.15, 0.2) is 24.3 Å². The Hall–Kier alpha value is -1.51. The van der Waals surface area contributed by atoms with Crippen LogP contribution >= 0.6 is 0 Å². The second-order valence-electron chi connectivity index (χ2n) is 6.16. The Morgan fingerprint density at radius 3 is 2.29 bits per heavy atom. The number of hydrogen-bond acceptors (Lipinski definition) is 2. The maximum absolute atomic E-state index is 11.3. The van der Waals surface area contributed by atoms with Crippen molar-refractivity contribution in [2.24, 2.45) is 0 Å². The fraction of sp³-hybridized carbons (Fsp3) is 0.611. The Bertz CT molecular complexity index is 449. The molecule has 1 aromatic carbocycles. The van der Waals surface area contributed by atoms with Gasteiger partial charge in [-0.25, -0.2) is 0 Å². The molecule has 0 spiro atoms. The standard InChI is InChI=1S/C18H27NO2/c1-2-3-4-5-6-7-14-19-16-10-8-15(9-11-16)18(12-13-18)17(20)21/h8-11,19H,2-7,12-14H2,1H3,(H,20,21). The van der Waals surface area contributed by atoms with Crippen LogP contribution in [0.4, 0.5) is 5.69 Å². The van der Waals surface area contributed by atoms with Gasteiger partial charge in [-0.1, -0.05) is 51.2 Å². The first-order chi connectivity index (χ1) is 10.2. The summed E-state index contributed by atoms with van der Waals surface area (Å²) in [5.41, 5.74) is 1.45. The van der Waals surface area contributed by atoms with Gasteiger partial charge in [-0.3, -0.25) is 4.79 Å². The van der Waals surface area contributed by atoms with E-state index in [1.165, 1.54) is 38.5 Å². The van der Waals surface area contributed by atoms with E-state index < -0.39 is 11.4 Å². The molecule has 1 saturated carbocycles. The van der Waals surface area contributed by atoms with Gasteiger partial charge < -0.3 is 10.4 Å². The number of unbranched alkanes of at least 4 members (excludes halogenated alkanes) is 5. The zero-order valence-electron chi connectivity index (χ0n) is 13.0. The van der Waals surface area contributed by atoms with Gasteiger partial charge in [-0.2, -0.15) is 0 Å². The molecule has 0 radical (unpaired) electrons. The molecular weight excluding hydrogens is 262 g/mol. The summed E-state index contributed by atoms with van der Waals surface area (Å²) in [6.07, 6.45) is 9.35. The zero-order chi connectivity index (χ0) is 15.1. The van der Waals surface area contributed by atoms with Crippen LogP contribution in [-0.4, -0.2) is 17.6 Å². The lowest BCUT2D eigenvalue weighted by atomic mass is 9.96. The maximum atomic E-state index is 11.3. The first-order valence-corrected chi connectivity index (χ1v) is 8.27. The van der Waals surface area contributed by atoms with Crippen LogP contribution in [0.5, 0.6) is 0 Å². The topological polar surface area (TPSA) is 49.3 Å². The number of anilines is 1. The molecule has 2 N–H and O–H groups in total. The van der Waals surface area contributed by atoms with E-state index in [1.54, 1.807) is 0 Å². The molecule has 21 heavy (non-hydrogen) atoms. The van der Waals surface area contributed by atoms with Crippen molar-refractivity contribution in [2.45, 2.75) is 63.7 Å². The minimum absolute atomic E-state index is 0.586. The minimum atomic E-state index is -0.685. The van der Waals surface area contributed by atoms with Gasteiger partial charge in [0.2, 0.25) is 0 Å². The largest absolute Gasteiger partial charge is 0.481 e. The van der Waals surface area contributed by atoms with Crippen molar-refractivity contribution in [3.8, 4) is 0 Å². The summed E-state index contributed by atoms with van der Waals surface area (Å²) in [6.45, 7) is 3.23. The van der Waals surface area contributed by atoms with E-state index in [2.05, 4.69) is 12.2 Å². The predicted molar refractivity (Wildman–Crippen MR) is 86.9 cm³/mol. The van der Waals surface area contributed by atoms with Crippen molar-refractivity contribution in [3.05, 3.63) is 29.8 Å². The quantitative estimate of drug-likeness (QED) is 0.620. The first-order valence-electron chi connectivity index (χ1n) is 8.27. The summed E-state index contributed by atoms with van der Waals surface area (Å²) in [5, 5.41) is 12.7. The second-order valence-corrected chi connectivity index (χ2v) is 6.16. The van der Waals surface area contributed by atoms with Gasteiger partial charge in [0.1, 0.15) is 0 Å². The Labute approximate surface area is 127 Å². The first kappa shape index (κ1) is 15.9. The summed E-state index contributed by atoms with van der Waals surface area (Å²) >= 11 is 0. The normalized spacial score (nSPS) is 15.7. The highest BCUT2D eigenvalue weighted by molar-refractivity contribution is 5.85. The van der Waals surface area contributed by atoms with E-state index in [-0.39, 0.29) is 0 Å². The van der Waals surface area contributed by atoms with E-state index in [1.807, 2.05) is 24.3 Å². The molecule has 3 heteroatoms. The Kier molecular flexibility index (Phi) is 5.66. The van der Waals surface area contributed by atoms with E-state index in [9.17, 15) is 9.90 Å². The highest BCUT2D eigenvalue weighted by Crippen LogP contribution is 2.48. The Morgan fingerprint density at radius 1 is 1.10 bits per heavy atom. The average Bonchev–Trinajstić information content (AvgIpc) is 3.29. The molecule has 3 nitrogen and oxygen atoms in total. The third-order valence-corrected chi connectivity index (χ3v) is 4.46. The third kappa shape index (κ3) is 4.23. The Morgan fingerprint density at radius 2 is 1.71 bits per heavy atom. The monoisotopic (exact) mass is 289 g/mol. The fourth-order valence-electron chi connectivity index (χ4n) is 2.80. The van der Waals surface area contributed by atoms with Gasteiger partial charge in [-0.05, 0) is 37.0 Å². The molecule has 1 fully saturated rings. The van der Waals surface area contributed by atoms with Crippen LogP contribution in [0.2, 0.25) is 0 Å². The lowest BCUT2D eigenvalue weighted by Gasteiger charge is -2.12.